The molecule has 0 spiro atoms. The summed E-state index contributed by atoms with van der Waals surface area (Å²) in [5, 5.41) is 4.25. The minimum atomic E-state index is -0.190. The molecule has 0 fully saturated rings. The van der Waals surface area contributed by atoms with Crippen LogP contribution < -0.4 is 21.4 Å². The Hall–Kier alpha value is -3.51. The zero-order chi connectivity index (χ0) is 25.9. The van der Waals surface area contributed by atoms with Crippen LogP contribution >= 0.6 is 0 Å². The molecule has 8 bridgehead atoms. The zero-order valence-corrected chi connectivity index (χ0v) is 22.7. The minimum Gasteiger partial charge on any atom is -0.498 e. The van der Waals surface area contributed by atoms with E-state index in [1.165, 1.54) is 27.8 Å². The lowest BCUT2D eigenvalue weighted by Gasteiger charge is -2.09. The summed E-state index contributed by atoms with van der Waals surface area (Å²) in [5.74, 6) is 0.874. The van der Waals surface area contributed by atoms with Crippen LogP contribution in [0.3, 0.4) is 0 Å². The van der Waals surface area contributed by atoms with E-state index in [1.54, 1.807) is 14.2 Å². The fourth-order valence-electron chi connectivity index (χ4n) is 5.39. The van der Waals surface area contributed by atoms with Gasteiger partial charge in [-0.3, -0.25) is 4.99 Å². The Morgan fingerprint density at radius 2 is 1.31 bits per heavy atom. The molecule has 0 saturated carbocycles. The van der Waals surface area contributed by atoms with Crippen LogP contribution in [0.5, 0.6) is 0 Å². The average molecular weight is 485 g/mol. The normalized spacial score (nSPS) is 19.6. The van der Waals surface area contributed by atoms with Gasteiger partial charge in [-0.05, 0) is 101 Å². The van der Waals surface area contributed by atoms with Gasteiger partial charge in [0.1, 0.15) is 11.8 Å². The highest BCUT2D eigenvalue weighted by Crippen LogP contribution is 2.25. The molecule has 6 nitrogen and oxygen atoms in total. The number of aromatic nitrogens is 3. The fourth-order valence-corrected chi connectivity index (χ4v) is 5.39. The van der Waals surface area contributed by atoms with Gasteiger partial charge in [0.2, 0.25) is 0 Å². The zero-order valence-electron chi connectivity index (χ0n) is 22.7. The molecule has 0 aromatic carbocycles. The lowest BCUT2D eigenvalue weighted by molar-refractivity contribution is 0.118. The van der Waals surface area contributed by atoms with E-state index in [2.05, 4.69) is 87.7 Å². The second-order valence-corrected chi connectivity index (χ2v) is 10.0. The Bertz CT molecular complexity index is 1690. The third-order valence-corrected chi connectivity index (χ3v) is 8.11. The van der Waals surface area contributed by atoms with E-state index in [9.17, 15) is 0 Å². The van der Waals surface area contributed by atoms with Crippen molar-refractivity contribution in [1.29, 1.82) is 0 Å². The molecule has 0 saturated heterocycles. The molecule has 5 rings (SSSR count). The predicted octanol–water partition coefficient (Wildman–Crippen LogP) is 2.90. The summed E-state index contributed by atoms with van der Waals surface area (Å²) < 4.78 is 11.6. The maximum Gasteiger partial charge on any atom is 0.129 e. The average Bonchev–Trinajstić information content (AvgIpc) is 3.50. The molecule has 0 aliphatic carbocycles. The number of aromatic amines is 3. The highest BCUT2D eigenvalue weighted by molar-refractivity contribution is 6.22. The van der Waals surface area contributed by atoms with Gasteiger partial charge in [-0.25, -0.2) is 0 Å². The highest BCUT2D eigenvalue weighted by Gasteiger charge is 2.25. The Kier molecular flexibility index (Phi) is 5.95. The summed E-state index contributed by atoms with van der Waals surface area (Å²) in [6, 6.07) is -0.190. The molecule has 2 atom stereocenters. The fraction of sp³-hybridized carbons (Fsp3) is 0.367. The summed E-state index contributed by atoms with van der Waals surface area (Å²) in [5.41, 5.74) is 11.4. The second kappa shape index (κ2) is 8.86. The molecule has 0 amide bonds. The SMILES string of the molecule is COC1=C(C)C2=NC1/C=c1\[nH]/c(c(C)c1C)=C\c1[nH]c(c(C)c1C)C=c1[nH]c(c(C(C)OC)c1C)=C2. The van der Waals surface area contributed by atoms with Crippen molar-refractivity contribution >= 4 is 30.0 Å². The van der Waals surface area contributed by atoms with Gasteiger partial charge in [0, 0.05) is 51.0 Å². The number of aliphatic imine (C=N–C) groups is 1. The minimum absolute atomic E-state index is 0.0645. The number of H-pyrrole nitrogens is 3. The van der Waals surface area contributed by atoms with Crippen molar-refractivity contribution in [2.75, 3.05) is 14.2 Å². The van der Waals surface area contributed by atoms with Gasteiger partial charge in [0.25, 0.3) is 0 Å². The first-order valence-electron chi connectivity index (χ1n) is 12.5. The Morgan fingerprint density at radius 3 is 1.92 bits per heavy atom. The van der Waals surface area contributed by atoms with Crippen molar-refractivity contribution in [2.45, 2.75) is 60.6 Å². The van der Waals surface area contributed by atoms with E-state index >= 15 is 0 Å². The van der Waals surface area contributed by atoms with E-state index in [0.29, 0.717) is 0 Å². The van der Waals surface area contributed by atoms with Crippen LogP contribution in [0, 0.1) is 34.6 Å². The van der Waals surface area contributed by atoms with Crippen LogP contribution in [-0.2, 0) is 9.47 Å². The quantitative estimate of drug-likeness (QED) is 0.535. The lowest BCUT2D eigenvalue weighted by Crippen LogP contribution is -2.17. The molecule has 3 aromatic heterocycles. The summed E-state index contributed by atoms with van der Waals surface area (Å²) in [4.78, 5) is 16.1. The summed E-state index contributed by atoms with van der Waals surface area (Å²) in [6.45, 7) is 15.0. The topological polar surface area (TPSA) is 78.2 Å². The van der Waals surface area contributed by atoms with E-state index in [-0.39, 0.29) is 12.1 Å². The number of allylic oxidation sites excluding steroid dienone is 1. The monoisotopic (exact) mass is 484 g/mol. The highest BCUT2D eigenvalue weighted by atomic mass is 16.5. The lowest BCUT2D eigenvalue weighted by atomic mass is 10.1. The van der Waals surface area contributed by atoms with Crippen molar-refractivity contribution < 1.29 is 9.47 Å². The van der Waals surface area contributed by atoms with E-state index in [1.807, 2.05) is 0 Å². The molecular formula is C30H36N4O2. The molecule has 0 radical (unpaired) electrons. The van der Waals surface area contributed by atoms with Crippen molar-refractivity contribution in [2.24, 2.45) is 4.99 Å². The molecule has 3 N–H and O–H groups in total. The van der Waals surface area contributed by atoms with Gasteiger partial charge in [0.05, 0.1) is 18.9 Å². The predicted molar refractivity (Wildman–Crippen MR) is 147 cm³/mol. The van der Waals surface area contributed by atoms with Crippen LogP contribution in [0.4, 0.5) is 0 Å². The number of nitrogens with one attached hydrogen (secondary N) is 3. The first-order chi connectivity index (χ1) is 17.1. The first kappa shape index (κ1) is 24.2. The van der Waals surface area contributed by atoms with Crippen LogP contribution in [0.1, 0.15) is 64.7 Å². The van der Waals surface area contributed by atoms with Crippen molar-refractivity contribution in [3.05, 3.63) is 77.5 Å². The number of hydrogen-bond acceptors (Lipinski definition) is 3. The molecule has 2 unspecified atom stereocenters. The summed E-state index contributed by atoms with van der Waals surface area (Å²) in [6.07, 6.45) is 8.66. The van der Waals surface area contributed by atoms with Crippen molar-refractivity contribution in [1.82, 2.24) is 15.0 Å². The van der Waals surface area contributed by atoms with Crippen LogP contribution in [0.25, 0.3) is 24.3 Å². The number of rotatable bonds is 3. The largest absolute Gasteiger partial charge is 0.498 e. The Balaban J connectivity index is 1.92. The summed E-state index contributed by atoms with van der Waals surface area (Å²) >= 11 is 0. The molecular weight excluding hydrogens is 448 g/mol. The van der Waals surface area contributed by atoms with Gasteiger partial charge in [-0.15, -0.1) is 0 Å². The molecule has 36 heavy (non-hydrogen) atoms. The Morgan fingerprint density at radius 1 is 0.722 bits per heavy atom. The third kappa shape index (κ3) is 3.71. The number of hydrogen-bond donors (Lipinski definition) is 3. The van der Waals surface area contributed by atoms with Gasteiger partial charge in [0.15, 0.2) is 0 Å². The van der Waals surface area contributed by atoms with Gasteiger partial charge >= 0.3 is 0 Å². The van der Waals surface area contributed by atoms with Crippen LogP contribution in [0.2, 0.25) is 0 Å². The smallest absolute Gasteiger partial charge is 0.129 e. The molecule has 2 aliphatic heterocycles. The Labute approximate surface area is 211 Å². The molecule has 188 valence electrons. The number of ether oxygens (including phenoxy) is 2. The van der Waals surface area contributed by atoms with Gasteiger partial charge in [-0.1, -0.05) is 0 Å². The van der Waals surface area contributed by atoms with Gasteiger partial charge < -0.3 is 24.4 Å². The van der Waals surface area contributed by atoms with E-state index < -0.39 is 0 Å². The molecule has 3 aromatic rings. The maximum absolute atomic E-state index is 5.85. The van der Waals surface area contributed by atoms with Crippen LogP contribution in [0.15, 0.2) is 16.3 Å². The third-order valence-electron chi connectivity index (χ3n) is 8.11. The van der Waals surface area contributed by atoms with E-state index in [4.69, 9.17) is 14.5 Å². The van der Waals surface area contributed by atoms with Crippen molar-refractivity contribution in [3.8, 4) is 0 Å². The second-order valence-electron chi connectivity index (χ2n) is 10.0. The maximum atomic E-state index is 5.85. The molecule has 2 aliphatic rings. The van der Waals surface area contributed by atoms with E-state index in [0.717, 1.165) is 55.4 Å². The van der Waals surface area contributed by atoms with Crippen LogP contribution in [-0.4, -0.2) is 40.9 Å². The van der Waals surface area contributed by atoms with Gasteiger partial charge in [-0.2, -0.15) is 0 Å². The van der Waals surface area contributed by atoms with Crippen molar-refractivity contribution in [3.63, 3.8) is 0 Å². The molecule has 5 heterocycles. The number of nitrogens with zero attached hydrogens (tertiary/aromatic N) is 1. The number of methoxy groups -OCH3 is 2. The first-order valence-corrected chi connectivity index (χ1v) is 12.5. The number of fused-ring (bicyclic) bond motifs is 7. The standard InChI is InChI=1S/C30H36N4O2/c1-14-15(2)23-11-25-18(5)29(20(7)35-8)27(33-25)12-26-19(6)30(36-9)28(34-26)13-24-17(4)16(3)22(32-24)10-21(14)31-23/h10-13,20,28,31-33H,1-9H3/b22-10-,24-13-,25-11?,27-12?. The molecule has 6 heteroatoms. The summed E-state index contributed by atoms with van der Waals surface area (Å²) in [7, 11) is 3.48.